The fraction of sp³-hybridized carbons (Fsp3) is 0.815. The molecular weight excluding hydrogens is 1250 g/mol. The second kappa shape index (κ2) is 82.1. The second-order valence-corrected chi connectivity index (χ2v) is 30.8. The lowest BCUT2D eigenvalue weighted by Gasteiger charge is -2.25. The van der Waals surface area contributed by atoms with Crippen molar-refractivity contribution in [1.29, 1.82) is 0 Å². The molecule has 0 fully saturated rings. The van der Waals surface area contributed by atoms with Crippen LogP contribution in [0.25, 0.3) is 0 Å². The number of rotatable bonds is 82. The summed E-state index contributed by atoms with van der Waals surface area (Å²) >= 11 is 0. The van der Waals surface area contributed by atoms with Crippen LogP contribution in [0.2, 0.25) is 0 Å². The summed E-state index contributed by atoms with van der Waals surface area (Å²) in [6.45, 7) is 4.82. The summed E-state index contributed by atoms with van der Waals surface area (Å²) in [5.41, 5.74) is 0. The Morgan fingerprint density at radius 1 is 0.307 bits per heavy atom. The molecule has 101 heavy (non-hydrogen) atoms. The minimum Gasteiger partial charge on any atom is -0.477 e. The molecule has 0 amide bonds. The molecule has 588 valence electrons. The minimum absolute atomic E-state index is 0.177. The van der Waals surface area contributed by atoms with E-state index >= 15 is 0 Å². The van der Waals surface area contributed by atoms with Gasteiger partial charge in [-0.05, 0) is 89.9 Å². The van der Waals surface area contributed by atoms with Gasteiger partial charge in [0, 0.05) is 12.8 Å². The smallest absolute Gasteiger partial charge is 0.361 e. The molecule has 1 N–H and O–H groups in total. The molecule has 2 unspecified atom stereocenters. The van der Waals surface area contributed by atoms with E-state index in [1.807, 2.05) is 21.1 Å². The van der Waals surface area contributed by atoms with Crippen LogP contribution in [0.5, 0.6) is 0 Å². The molecule has 0 spiro atoms. The summed E-state index contributed by atoms with van der Waals surface area (Å²) in [6, 6.07) is 0. The average Bonchev–Trinajstić information content (AvgIpc) is 1.21. The van der Waals surface area contributed by atoms with Gasteiger partial charge in [-0.2, -0.15) is 0 Å². The van der Waals surface area contributed by atoms with Gasteiger partial charge in [-0.15, -0.1) is 0 Å². The van der Waals surface area contributed by atoms with Gasteiger partial charge in [-0.3, -0.25) is 9.59 Å². The van der Waals surface area contributed by atoms with Crippen LogP contribution < -0.4 is 0 Å². The lowest BCUT2D eigenvalue weighted by molar-refractivity contribution is -0.870. The zero-order valence-corrected chi connectivity index (χ0v) is 67.6. The Balaban J connectivity index is 3.92. The molecule has 0 aliphatic carbocycles. The predicted molar refractivity (Wildman–Crippen MR) is 438 cm³/mol. The van der Waals surface area contributed by atoms with Gasteiger partial charge < -0.3 is 28.5 Å². The van der Waals surface area contributed by atoms with Crippen molar-refractivity contribution in [3.63, 3.8) is 0 Å². The van der Waals surface area contributed by atoms with Crippen LogP contribution in [0.1, 0.15) is 425 Å². The number of carbonyl (C=O) groups is 3. The van der Waals surface area contributed by atoms with Gasteiger partial charge >= 0.3 is 17.9 Å². The van der Waals surface area contributed by atoms with Crippen LogP contribution in [0.15, 0.2) is 85.1 Å². The molecule has 0 aliphatic rings. The fourth-order valence-corrected chi connectivity index (χ4v) is 13.0. The molecule has 0 heterocycles. The van der Waals surface area contributed by atoms with E-state index in [0.29, 0.717) is 17.4 Å². The van der Waals surface area contributed by atoms with E-state index in [1.165, 1.54) is 321 Å². The van der Waals surface area contributed by atoms with E-state index in [0.717, 1.165) is 77.0 Å². The molecule has 0 aromatic carbocycles. The fourth-order valence-electron chi connectivity index (χ4n) is 13.0. The lowest BCUT2D eigenvalue weighted by atomic mass is 10.0. The monoisotopic (exact) mass is 1420 g/mol. The second-order valence-electron chi connectivity index (χ2n) is 30.8. The number of nitrogens with zero attached hydrogens (tertiary/aromatic N) is 1. The number of carboxylic acids is 1. The quantitative estimate of drug-likeness (QED) is 0.0211. The number of unbranched alkanes of at least 4 members (excludes halogenated alkanes) is 53. The number of aliphatic carboxylic acids is 1. The number of esters is 2. The Morgan fingerprint density at radius 2 is 0.564 bits per heavy atom. The minimum atomic E-state index is -1.51. The molecule has 9 heteroatoms. The molecule has 0 saturated carbocycles. The summed E-state index contributed by atoms with van der Waals surface area (Å²) in [5.74, 6) is -1.97. The Kier molecular flexibility index (Phi) is 79.3. The van der Waals surface area contributed by atoms with E-state index in [9.17, 15) is 19.5 Å². The van der Waals surface area contributed by atoms with E-state index in [4.69, 9.17) is 18.9 Å². The number of ether oxygens (including phenoxy) is 4. The molecule has 0 rings (SSSR count). The van der Waals surface area contributed by atoms with Crippen molar-refractivity contribution in [2.45, 2.75) is 437 Å². The largest absolute Gasteiger partial charge is 0.477 e. The standard InChI is InChI=1S/C92H167NO8/c1-6-8-10-12-14-16-18-20-22-24-26-28-30-32-34-36-38-40-42-44-45-47-49-51-53-55-57-59-61-63-65-67-69-71-73-75-77-79-81-83-90(95)101-88(87-100-92(91(96)97)98-85-84-93(3,4)5)86-99-89(94)82-80-78-76-74-72-70-68-66-64-62-60-58-56-54-52-50-48-46-43-41-39-37-35-33-31-29-27-25-23-21-19-17-15-13-11-9-7-2/h8,10,14,16,19-22,25-28,31,33,88,92H,6-7,9,11-13,15,17-18,23-24,29-30,32,34-87H2,1-5H3/p+1/b10-8-,16-14-,21-19-,22-20-,27-25-,28-26-,33-31-. The van der Waals surface area contributed by atoms with Crippen LogP contribution in [0, 0.1) is 0 Å². The maximum absolute atomic E-state index is 13.0. The van der Waals surface area contributed by atoms with Crippen molar-refractivity contribution in [3.05, 3.63) is 85.1 Å². The molecule has 0 aromatic heterocycles. The third-order valence-corrected chi connectivity index (χ3v) is 19.6. The van der Waals surface area contributed by atoms with Crippen molar-refractivity contribution >= 4 is 17.9 Å². The number of hydrogen-bond donors (Lipinski definition) is 1. The average molecular weight is 1420 g/mol. The topological polar surface area (TPSA) is 108 Å². The molecule has 0 radical (unpaired) electrons. The molecular formula is C92H168NO8+. The van der Waals surface area contributed by atoms with Gasteiger partial charge in [0.25, 0.3) is 6.29 Å². The highest BCUT2D eigenvalue weighted by Crippen LogP contribution is 2.20. The Labute approximate surface area is 627 Å². The Morgan fingerprint density at radius 3 is 0.842 bits per heavy atom. The maximum Gasteiger partial charge on any atom is 0.361 e. The predicted octanol–water partition coefficient (Wildman–Crippen LogP) is 28.5. The summed E-state index contributed by atoms with van der Waals surface area (Å²) < 4.78 is 23.1. The van der Waals surface area contributed by atoms with Crippen LogP contribution >= 0.6 is 0 Å². The molecule has 0 aliphatic heterocycles. The third-order valence-electron chi connectivity index (χ3n) is 19.6. The first-order valence-corrected chi connectivity index (χ1v) is 43.8. The van der Waals surface area contributed by atoms with Crippen molar-refractivity contribution < 1.29 is 42.9 Å². The first kappa shape index (κ1) is 97.5. The molecule has 2 atom stereocenters. The highest BCUT2D eigenvalue weighted by Gasteiger charge is 2.25. The first-order chi connectivity index (χ1) is 49.6. The van der Waals surface area contributed by atoms with Crippen LogP contribution in [0.4, 0.5) is 0 Å². The van der Waals surface area contributed by atoms with E-state index in [2.05, 4.69) is 98.9 Å². The van der Waals surface area contributed by atoms with E-state index in [-0.39, 0.29) is 38.2 Å². The molecule has 0 bridgehead atoms. The summed E-state index contributed by atoms with van der Waals surface area (Å²) in [7, 11) is 6.00. The maximum atomic E-state index is 13.0. The summed E-state index contributed by atoms with van der Waals surface area (Å²) in [5, 5.41) is 9.79. The van der Waals surface area contributed by atoms with Crippen molar-refractivity contribution in [2.75, 3.05) is 47.5 Å². The molecule has 0 aromatic rings. The number of likely N-dealkylation sites (N-methyl/N-ethyl adjacent to an activating group) is 1. The number of quaternary nitrogens is 1. The number of allylic oxidation sites excluding steroid dienone is 14. The SMILES string of the molecule is CC/C=C\C/C=C\C/C=C\C/C=C\CCCCCCCCCCCCCCCCCCCCCCCCCCCCC(=O)OC(COC(=O)CCCCCCCCCCCCCCCCCCCCCCCC/C=C\C/C=C\C/C=C\CCCCCCC)COC(OCC[N+](C)(C)C)C(=O)O. The molecule has 9 nitrogen and oxygen atoms in total. The van der Waals surface area contributed by atoms with Gasteiger partial charge in [0.05, 0.1) is 34.4 Å². The highest BCUT2D eigenvalue weighted by molar-refractivity contribution is 5.71. The first-order valence-electron chi connectivity index (χ1n) is 43.8. The van der Waals surface area contributed by atoms with Crippen molar-refractivity contribution in [2.24, 2.45) is 0 Å². The zero-order chi connectivity index (χ0) is 73.2. The van der Waals surface area contributed by atoms with E-state index in [1.54, 1.807) is 0 Å². The Hall–Kier alpha value is -3.53. The number of carbonyl (C=O) groups excluding carboxylic acids is 2. The van der Waals surface area contributed by atoms with Crippen LogP contribution in [-0.2, 0) is 33.3 Å². The number of carboxylic acid groups (broad SMARTS) is 1. The van der Waals surface area contributed by atoms with Crippen molar-refractivity contribution in [1.82, 2.24) is 0 Å². The van der Waals surface area contributed by atoms with E-state index < -0.39 is 18.4 Å². The van der Waals surface area contributed by atoms with Gasteiger partial charge in [0.15, 0.2) is 6.10 Å². The highest BCUT2D eigenvalue weighted by atomic mass is 16.7. The summed E-state index contributed by atoms with van der Waals surface area (Å²) in [6.07, 6.45) is 111. The van der Waals surface area contributed by atoms with Gasteiger partial charge in [0.2, 0.25) is 0 Å². The van der Waals surface area contributed by atoms with Crippen LogP contribution in [-0.4, -0.2) is 87.4 Å². The normalized spacial score (nSPS) is 13.0. The van der Waals surface area contributed by atoms with Crippen molar-refractivity contribution in [3.8, 4) is 0 Å². The summed E-state index contributed by atoms with van der Waals surface area (Å²) in [4.78, 5) is 37.8. The third kappa shape index (κ3) is 83.6. The Bertz CT molecular complexity index is 1940. The zero-order valence-electron chi connectivity index (χ0n) is 67.6. The van der Waals surface area contributed by atoms with Crippen LogP contribution in [0.3, 0.4) is 0 Å². The van der Waals surface area contributed by atoms with Gasteiger partial charge in [-0.25, -0.2) is 4.79 Å². The molecule has 0 saturated heterocycles. The number of hydrogen-bond acceptors (Lipinski definition) is 7. The lowest BCUT2D eigenvalue weighted by Crippen LogP contribution is -2.40. The van der Waals surface area contributed by atoms with Gasteiger partial charge in [-0.1, -0.05) is 407 Å². The van der Waals surface area contributed by atoms with Gasteiger partial charge in [0.1, 0.15) is 13.2 Å².